The summed E-state index contributed by atoms with van der Waals surface area (Å²) in [6, 6.07) is 20.9. The maximum absolute atomic E-state index is 13.1. The maximum atomic E-state index is 13.1. The number of methoxy groups -OCH3 is 1. The molecule has 0 heterocycles. The topological polar surface area (TPSA) is 112 Å². The first-order valence-electron chi connectivity index (χ1n) is 14.1. The largest absolute Gasteiger partial charge is 0.497 e. The van der Waals surface area contributed by atoms with Crippen LogP contribution >= 0.6 is 11.6 Å². The molecule has 3 rings (SSSR count). The van der Waals surface area contributed by atoms with E-state index in [1.807, 2.05) is 42.5 Å². The van der Waals surface area contributed by atoms with Crippen LogP contribution in [-0.2, 0) is 32.2 Å². The number of alkyl carbamates (subject to hydrolysis) is 1. The summed E-state index contributed by atoms with van der Waals surface area (Å²) in [7, 11) is 1.56. The number of unbranched alkanes of at least 4 members (excludes halogenated alkanes) is 1. The number of carbonyl (C=O) groups excluding carboxylic acids is 3. The minimum atomic E-state index is -0.838. The molecule has 0 bridgehead atoms. The van der Waals surface area contributed by atoms with Gasteiger partial charge >= 0.3 is 12.1 Å². The number of hydrogen-bond donors (Lipinski definition) is 2. The Kier molecular flexibility index (Phi) is 12.7. The van der Waals surface area contributed by atoms with Crippen LogP contribution in [0.1, 0.15) is 57.6 Å². The fourth-order valence-corrected chi connectivity index (χ4v) is 4.16. The summed E-state index contributed by atoms with van der Waals surface area (Å²) in [6.07, 6.45) is 0.881. The van der Waals surface area contributed by atoms with Crippen LogP contribution in [0.5, 0.6) is 17.2 Å². The minimum absolute atomic E-state index is 0.212. The van der Waals surface area contributed by atoms with Crippen LogP contribution in [0.3, 0.4) is 0 Å². The second kappa shape index (κ2) is 16.4. The first-order valence-corrected chi connectivity index (χ1v) is 14.5. The van der Waals surface area contributed by atoms with Crippen molar-refractivity contribution < 1.29 is 33.3 Å². The van der Waals surface area contributed by atoms with Gasteiger partial charge in [-0.05, 0) is 69.0 Å². The fraction of sp³-hybridized carbons (Fsp3) is 0.364. The fourth-order valence-electron chi connectivity index (χ4n) is 3.95. The first kappa shape index (κ1) is 33.3. The second-order valence-electron chi connectivity index (χ2n) is 10.9. The Morgan fingerprint density at radius 1 is 0.884 bits per heavy atom. The van der Waals surface area contributed by atoms with E-state index in [-0.39, 0.29) is 31.4 Å². The van der Waals surface area contributed by atoms with Crippen molar-refractivity contribution in [3.8, 4) is 17.2 Å². The number of halogens is 1. The van der Waals surface area contributed by atoms with Gasteiger partial charge in [-0.2, -0.15) is 0 Å². The van der Waals surface area contributed by atoms with Crippen molar-refractivity contribution in [3.63, 3.8) is 0 Å². The van der Waals surface area contributed by atoms with Crippen molar-refractivity contribution in [3.05, 3.63) is 88.9 Å². The Hall–Kier alpha value is -4.24. The molecule has 0 aliphatic rings. The number of hydrogen-bond acceptors (Lipinski definition) is 7. The van der Waals surface area contributed by atoms with Crippen molar-refractivity contribution in [2.45, 2.75) is 71.2 Å². The highest BCUT2D eigenvalue weighted by atomic mass is 35.5. The average Bonchev–Trinajstić information content (AvgIpc) is 2.97. The lowest BCUT2D eigenvalue weighted by molar-refractivity contribution is -0.145. The molecule has 9 nitrogen and oxygen atoms in total. The normalized spacial score (nSPS) is 11.7. The Bertz CT molecular complexity index is 1340. The molecule has 0 saturated carbocycles. The number of rotatable bonds is 14. The molecule has 43 heavy (non-hydrogen) atoms. The van der Waals surface area contributed by atoms with Crippen molar-refractivity contribution in [1.29, 1.82) is 0 Å². The van der Waals surface area contributed by atoms with Crippen LogP contribution in [0, 0.1) is 0 Å². The third-order valence-electron chi connectivity index (χ3n) is 6.13. The highest BCUT2D eigenvalue weighted by Crippen LogP contribution is 2.32. The monoisotopic (exact) mass is 610 g/mol. The Labute approximate surface area is 257 Å². The van der Waals surface area contributed by atoms with Gasteiger partial charge in [-0.1, -0.05) is 60.5 Å². The molecule has 0 aliphatic heterocycles. The van der Waals surface area contributed by atoms with Gasteiger partial charge in [-0.15, -0.1) is 0 Å². The van der Waals surface area contributed by atoms with Gasteiger partial charge < -0.3 is 29.6 Å². The van der Waals surface area contributed by atoms with Crippen LogP contribution in [0.25, 0.3) is 0 Å². The highest BCUT2D eigenvalue weighted by Gasteiger charge is 2.24. The van der Waals surface area contributed by atoms with Gasteiger partial charge in [0.1, 0.15) is 35.5 Å². The zero-order chi connectivity index (χ0) is 31.2. The Balaban J connectivity index is 1.50. The molecule has 0 unspecified atom stereocenters. The lowest BCUT2D eigenvalue weighted by atomic mass is 10.1. The zero-order valence-electron chi connectivity index (χ0n) is 25.0. The molecular weight excluding hydrogens is 572 g/mol. The summed E-state index contributed by atoms with van der Waals surface area (Å²) in [5, 5.41) is 5.95. The van der Waals surface area contributed by atoms with Gasteiger partial charge in [0.2, 0.25) is 5.91 Å². The van der Waals surface area contributed by atoms with E-state index in [0.717, 1.165) is 11.1 Å². The number of benzene rings is 3. The summed E-state index contributed by atoms with van der Waals surface area (Å²) in [5.74, 6) is 1.02. The first-order chi connectivity index (χ1) is 20.5. The summed E-state index contributed by atoms with van der Waals surface area (Å²) in [6.45, 7) is 5.70. The van der Waals surface area contributed by atoms with Crippen molar-refractivity contribution in [2.75, 3.05) is 7.11 Å². The third-order valence-corrected chi connectivity index (χ3v) is 6.43. The van der Waals surface area contributed by atoms with Crippen molar-refractivity contribution in [2.24, 2.45) is 0 Å². The molecule has 0 saturated heterocycles. The van der Waals surface area contributed by atoms with Crippen LogP contribution in [0.15, 0.2) is 72.8 Å². The summed E-state index contributed by atoms with van der Waals surface area (Å²) in [4.78, 5) is 37.7. The molecule has 0 fully saturated rings. The standard InChI is InChI=1S/C33H39ClN2O7/c1-33(2,3)43-32(39)36-28(12-8-9-13-30(37)41-22-24-10-6-5-7-11-24)31(38)35-21-23-14-16-25(17-15-23)42-29-19-18-26(40-4)20-27(29)34/h5-7,10-11,14-20,28H,8-9,12-13,21-22H2,1-4H3,(H,35,38)(H,36,39)/t28-/m0/s1. The van der Waals surface area contributed by atoms with Crippen LogP contribution in [0.2, 0.25) is 5.02 Å². The molecule has 0 aliphatic carbocycles. The van der Waals surface area contributed by atoms with Crippen LogP contribution in [0.4, 0.5) is 4.79 Å². The van der Waals surface area contributed by atoms with Crippen molar-refractivity contribution in [1.82, 2.24) is 10.6 Å². The maximum Gasteiger partial charge on any atom is 0.408 e. The molecule has 0 spiro atoms. The van der Waals surface area contributed by atoms with E-state index in [1.54, 1.807) is 58.2 Å². The van der Waals surface area contributed by atoms with Gasteiger partial charge in [-0.3, -0.25) is 9.59 Å². The molecule has 10 heteroatoms. The lowest BCUT2D eigenvalue weighted by Crippen LogP contribution is -2.48. The third kappa shape index (κ3) is 12.3. The van der Waals surface area contributed by atoms with Crippen LogP contribution < -0.4 is 20.1 Å². The highest BCUT2D eigenvalue weighted by molar-refractivity contribution is 6.32. The molecule has 3 aromatic carbocycles. The number of carbonyl (C=O) groups is 3. The summed E-state index contributed by atoms with van der Waals surface area (Å²) in [5.41, 5.74) is 1.03. The molecule has 0 aromatic heterocycles. The quantitative estimate of drug-likeness (QED) is 0.150. The van der Waals surface area contributed by atoms with Crippen LogP contribution in [-0.4, -0.2) is 36.7 Å². The van der Waals surface area contributed by atoms with Gasteiger partial charge in [0, 0.05) is 19.0 Å². The molecular formula is C33H39ClN2O7. The Morgan fingerprint density at radius 2 is 1.58 bits per heavy atom. The van der Waals surface area contributed by atoms with E-state index in [1.165, 1.54) is 0 Å². The van der Waals surface area contributed by atoms with E-state index in [9.17, 15) is 14.4 Å². The van der Waals surface area contributed by atoms with Gasteiger partial charge in [-0.25, -0.2) is 4.79 Å². The van der Waals surface area contributed by atoms with E-state index in [0.29, 0.717) is 41.5 Å². The van der Waals surface area contributed by atoms with Crippen molar-refractivity contribution >= 4 is 29.6 Å². The number of ether oxygens (including phenoxy) is 4. The number of amides is 2. The minimum Gasteiger partial charge on any atom is -0.497 e. The van der Waals surface area contributed by atoms with E-state index in [2.05, 4.69) is 10.6 Å². The summed E-state index contributed by atoms with van der Waals surface area (Å²) < 4.78 is 21.7. The molecule has 1 atom stereocenters. The number of esters is 1. The zero-order valence-corrected chi connectivity index (χ0v) is 25.7. The predicted molar refractivity (Wildman–Crippen MR) is 164 cm³/mol. The van der Waals surface area contributed by atoms with E-state index < -0.39 is 17.7 Å². The van der Waals surface area contributed by atoms with Gasteiger partial charge in [0.05, 0.1) is 12.1 Å². The molecule has 230 valence electrons. The SMILES string of the molecule is COc1ccc(Oc2ccc(CNC(=O)[C@H](CCCCC(=O)OCc3ccccc3)NC(=O)OC(C)(C)C)cc2)c(Cl)c1. The smallest absolute Gasteiger partial charge is 0.408 e. The second-order valence-corrected chi connectivity index (χ2v) is 11.3. The molecule has 2 amide bonds. The molecule has 3 aromatic rings. The van der Waals surface area contributed by atoms with Gasteiger partial charge in [0.25, 0.3) is 0 Å². The predicted octanol–water partition coefficient (Wildman–Crippen LogP) is 6.95. The molecule has 0 radical (unpaired) electrons. The summed E-state index contributed by atoms with van der Waals surface area (Å²) >= 11 is 6.26. The molecule has 2 N–H and O–H groups in total. The lowest BCUT2D eigenvalue weighted by Gasteiger charge is -2.23. The van der Waals surface area contributed by atoms with E-state index >= 15 is 0 Å². The van der Waals surface area contributed by atoms with Gasteiger partial charge in [0.15, 0.2) is 0 Å². The number of nitrogens with one attached hydrogen (secondary N) is 2. The van der Waals surface area contributed by atoms with E-state index in [4.69, 9.17) is 30.5 Å². The Morgan fingerprint density at radius 3 is 2.23 bits per heavy atom. The average molecular weight is 611 g/mol.